The number of allylic oxidation sites excluding steroid dienone is 1. The van der Waals surface area contributed by atoms with Crippen LogP contribution in [0.1, 0.15) is 42.0 Å². The van der Waals surface area contributed by atoms with Crippen molar-refractivity contribution < 1.29 is 5.11 Å². The summed E-state index contributed by atoms with van der Waals surface area (Å²) in [6, 6.07) is 1.81. The van der Waals surface area contributed by atoms with Gasteiger partial charge in [-0.25, -0.2) is 0 Å². The summed E-state index contributed by atoms with van der Waals surface area (Å²) in [6.07, 6.45) is 0. The van der Waals surface area contributed by atoms with Crippen molar-refractivity contribution >= 4 is 17.2 Å². The van der Waals surface area contributed by atoms with E-state index in [1.165, 1.54) is 5.56 Å². The van der Waals surface area contributed by atoms with Gasteiger partial charge in [0.05, 0.1) is 0 Å². The second kappa shape index (κ2) is 4.92. The highest BCUT2D eigenvalue weighted by atomic mass is 35.5. The number of phenolic OH excluding ortho intramolecular Hbond substituents is 1. The number of aryl methyl sites for hydroxylation is 1. The number of phenols is 1. The molecule has 2 heteroatoms. The quantitative estimate of drug-likeness (QED) is 0.775. The smallest absolute Gasteiger partial charge is 0.119 e. The lowest BCUT2D eigenvalue weighted by Crippen LogP contribution is -2.04. The summed E-state index contributed by atoms with van der Waals surface area (Å²) in [5.74, 6) is 1.18. The Bertz CT molecular complexity index is 421. The molecule has 0 saturated carbocycles. The minimum Gasteiger partial charge on any atom is -0.508 e. The van der Waals surface area contributed by atoms with Crippen LogP contribution in [0.3, 0.4) is 0 Å². The van der Waals surface area contributed by atoms with E-state index >= 15 is 0 Å². The second-order valence-electron chi connectivity index (χ2n) is 4.46. The Morgan fingerprint density at radius 1 is 1.50 bits per heavy atom. The Morgan fingerprint density at radius 3 is 2.50 bits per heavy atom. The summed E-state index contributed by atoms with van der Waals surface area (Å²) in [4.78, 5) is 0. The van der Waals surface area contributed by atoms with E-state index in [2.05, 4.69) is 13.5 Å². The fourth-order valence-electron chi connectivity index (χ4n) is 2.18. The molecule has 0 spiro atoms. The van der Waals surface area contributed by atoms with Crippen molar-refractivity contribution in [2.45, 2.75) is 33.6 Å². The standard InChI is InChI=1S/C14H19ClO/c1-8(2)13-11(5)12(16)6-9(3)14(13)10(4)7-15/h6,10,16H,1,7H2,2-5H3/t10-/m0/s1. The van der Waals surface area contributed by atoms with E-state index in [4.69, 9.17) is 11.6 Å². The van der Waals surface area contributed by atoms with Gasteiger partial charge in [-0.15, -0.1) is 11.6 Å². The van der Waals surface area contributed by atoms with Crippen LogP contribution in [0.4, 0.5) is 0 Å². The van der Waals surface area contributed by atoms with Gasteiger partial charge in [-0.3, -0.25) is 0 Å². The van der Waals surface area contributed by atoms with Crippen LogP contribution in [-0.2, 0) is 0 Å². The Morgan fingerprint density at radius 2 is 2.06 bits per heavy atom. The number of halogens is 1. The first-order valence-corrected chi connectivity index (χ1v) is 5.98. The van der Waals surface area contributed by atoms with E-state index in [-0.39, 0.29) is 5.92 Å². The molecule has 0 heterocycles. The van der Waals surface area contributed by atoms with Crippen LogP contribution in [0, 0.1) is 13.8 Å². The Hall–Kier alpha value is -0.950. The molecule has 0 aliphatic rings. The first kappa shape index (κ1) is 13.1. The lowest BCUT2D eigenvalue weighted by molar-refractivity contribution is 0.470. The molecule has 1 aromatic carbocycles. The summed E-state index contributed by atoms with van der Waals surface area (Å²) in [6.45, 7) is 12.0. The summed E-state index contributed by atoms with van der Waals surface area (Å²) in [5.41, 5.74) is 5.21. The fraction of sp³-hybridized carbons (Fsp3) is 0.429. The Labute approximate surface area is 103 Å². The molecular weight excluding hydrogens is 220 g/mol. The molecule has 0 aliphatic carbocycles. The third kappa shape index (κ3) is 2.25. The van der Waals surface area contributed by atoms with Crippen LogP contribution in [-0.4, -0.2) is 11.0 Å². The van der Waals surface area contributed by atoms with E-state index in [0.717, 1.165) is 22.3 Å². The molecular formula is C14H19ClO. The van der Waals surface area contributed by atoms with Crippen molar-refractivity contribution in [3.05, 3.63) is 34.9 Å². The van der Waals surface area contributed by atoms with Gasteiger partial charge < -0.3 is 5.11 Å². The van der Waals surface area contributed by atoms with Gasteiger partial charge in [-0.2, -0.15) is 0 Å². The molecule has 0 unspecified atom stereocenters. The SMILES string of the molecule is C=C(C)c1c(C)c(O)cc(C)c1[C@@H](C)CCl. The predicted octanol–water partition coefficient (Wildman–Crippen LogP) is 4.38. The Kier molecular flexibility index (Phi) is 4.03. The molecule has 0 aromatic heterocycles. The normalized spacial score (nSPS) is 12.6. The van der Waals surface area contributed by atoms with Crippen LogP contribution in [0.5, 0.6) is 5.75 Å². The number of aromatic hydroxyl groups is 1. The highest BCUT2D eigenvalue weighted by Crippen LogP contribution is 2.36. The highest BCUT2D eigenvalue weighted by Gasteiger charge is 2.17. The number of hydrogen-bond acceptors (Lipinski definition) is 1. The second-order valence-corrected chi connectivity index (χ2v) is 4.77. The maximum atomic E-state index is 9.83. The van der Waals surface area contributed by atoms with Gasteiger partial charge in [0.25, 0.3) is 0 Å². The molecule has 1 N–H and O–H groups in total. The van der Waals surface area contributed by atoms with Gasteiger partial charge in [0.2, 0.25) is 0 Å². The lowest BCUT2D eigenvalue weighted by Gasteiger charge is -2.20. The van der Waals surface area contributed by atoms with Gasteiger partial charge in [0, 0.05) is 5.88 Å². The van der Waals surface area contributed by atoms with E-state index in [1.54, 1.807) is 6.07 Å². The van der Waals surface area contributed by atoms with Crippen LogP contribution in [0.15, 0.2) is 12.6 Å². The van der Waals surface area contributed by atoms with Gasteiger partial charge in [0.15, 0.2) is 0 Å². The molecule has 1 aromatic rings. The van der Waals surface area contributed by atoms with Crippen LogP contribution >= 0.6 is 11.6 Å². The number of benzene rings is 1. The van der Waals surface area contributed by atoms with E-state index in [9.17, 15) is 5.11 Å². The summed E-state index contributed by atoms with van der Waals surface area (Å²) >= 11 is 5.94. The van der Waals surface area contributed by atoms with E-state index in [1.807, 2.05) is 20.8 Å². The minimum atomic E-state index is 0.271. The zero-order chi connectivity index (χ0) is 12.5. The van der Waals surface area contributed by atoms with Gasteiger partial charge in [-0.05, 0) is 55.0 Å². The topological polar surface area (TPSA) is 20.2 Å². The van der Waals surface area contributed by atoms with Crippen molar-refractivity contribution in [3.8, 4) is 5.75 Å². The van der Waals surface area contributed by atoms with Crippen molar-refractivity contribution in [2.24, 2.45) is 0 Å². The number of rotatable bonds is 3. The van der Waals surface area contributed by atoms with Gasteiger partial charge >= 0.3 is 0 Å². The molecule has 0 fully saturated rings. The first-order chi connectivity index (χ1) is 7.40. The minimum absolute atomic E-state index is 0.271. The van der Waals surface area contributed by atoms with Crippen LogP contribution in [0.2, 0.25) is 0 Å². The largest absolute Gasteiger partial charge is 0.508 e. The summed E-state index contributed by atoms with van der Waals surface area (Å²) in [7, 11) is 0. The molecule has 0 amide bonds. The zero-order valence-electron chi connectivity index (χ0n) is 10.4. The van der Waals surface area contributed by atoms with Crippen molar-refractivity contribution in [1.29, 1.82) is 0 Å². The van der Waals surface area contributed by atoms with Crippen molar-refractivity contribution in [1.82, 2.24) is 0 Å². The molecule has 0 bridgehead atoms. The molecule has 0 aliphatic heterocycles. The number of hydrogen-bond donors (Lipinski definition) is 1. The number of alkyl halides is 1. The highest BCUT2D eigenvalue weighted by molar-refractivity contribution is 6.18. The molecule has 16 heavy (non-hydrogen) atoms. The van der Waals surface area contributed by atoms with Crippen molar-refractivity contribution in [3.63, 3.8) is 0 Å². The average Bonchev–Trinajstić information content (AvgIpc) is 2.21. The maximum absolute atomic E-state index is 9.83. The predicted molar refractivity (Wildman–Crippen MR) is 71.4 cm³/mol. The third-order valence-electron chi connectivity index (χ3n) is 2.96. The van der Waals surface area contributed by atoms with Crippen LogP contribution in [0.25, 0.3) is 5.57 Å². The maximum Gasteiger partial charge on any atom is 0.119 e. The lowest BCUT2D eigenvalue weighted by atomic mass is 9.86. The van der Waals surface area contributed by atoms with Crippen LogP contribution < -0.4 is 0 Å². The Balaban J connectivity index is 3.57. The van der Waals surface area contributed by atoms with Crippen molar-refractivity contribution in [2.75, 3.05) is 5.88 Å². The molecule has 1 atom stereocenters. The van der Waals surface area contributed by atoms with E-state index in [0.29, 0.717) is 11.6 Å². The third-order valence-corrected chi connectivity index (χ3v) is 3.42. The summed E-state index contributed by atoms with van der Waals surface area (Å²) < 4.78 is 0. The summed E-state index contributed by atoms with van der Waals surface area (Å²) in [5, 5.41) is 9.83. The molecule has 88 valence electrons. The van der Waals surface area contributed by atoms with E-state index < -0.39 is 0 Å². The zero-order valence-corrected chi connectivity index (χ0v) is 11.2. The first-order valence-electron chi connectivity index (χ1n) is 5.45. The van der Waals surface area contributed by atoms with Gasteiger partial charge in [0.1, 0.15) is 5.75 Å². The monoisotopic (exact) mass is 238 g/mol. The van der Waals surface area contributed by atoms with Gasteiger partial charge in [-0.1, -0.05) is 19.1 Å². The molecule has 0 saturated heterocycles. The fourth-order valence-corrected chi connectivity index (χ4v) is 2.33. The molecule has 1 rings (SSSR count). The average molecular weight is 239 g/mol. The molecule has 0 radical (unpaired) electrons. The molecule has 1 nitrogen and oxygen atoms in total.